The van der Waals surface area contributed by atoms with Gasteiger partial charge < -0.3 is 37.9 Å². The maximum atomic E-state index is 6.93. The molecule has 0 fully saturated rings. The third-order valence-electron chi connectivity index (χ3n) is 14.6. The van der Waals surface area contributed by atoms with Crippen LogP contribution in [0.2, 0.25) is 0 Å². The van der Waals surface area contributed by atoms with E-state index >= 15 is 0 Å². The van der Waals surface area contributed by atoms with Crippen LogP contribution >= 0.6 is 63.7 Å². The molecule has 4 aliphatic heterocycles. The molecule has 8 bridgehead atoms. The Balaban J connectivity index is 1.47. The van der Waals surface area contributed by atoms with Gasteiger partial charge in [-0.05, 0) is 114 Å². The Morgan fingerprint density at radius 1 is 0.294 bits per heavy atom. The number of ether oxygens (including phenoxy) is 8. The zero-order valence-electron chi connectivity index (χ0n) is 40.4. The van der Waals surface area contributed by atoms with E-state index in [0.717, 1.165) is 211 Å². The molecule has 0 atom stereocenters. The normalized spacial score (nSPS) is 20.0. The van der Waals surface area contributed by atoms with Gasteiger partial charge in [-0.2, -0.15) is 0 Å². The fourth-order valence-electron chi connectivity index (χ4n) is 11.3. The molecule has 0 saturated carbocycles. The first-order chi connectivity index (χ1) is 33.3. The standard InChI is InChI=1S/C56H68Br4O8/c1-5-9-13-17-33-37-29-39-34(18-14-10-6-2)41-31-43-36(20-16-12-8-4)44-32-42-35(19-15-11-7-3)40-30-38(33)50-46(58)52(40)64-24-26-66-54(42)48(60)56(44)68-28-27-67-55(43)47(59)53(41)65-25-23-63-51(39)45(57)49(37)61-21-22-62-50/h29-36H,5-28H2,1-4H3. The fraction of sp³-hybridized carbons (Fsp3) is 0.571. The zero-order chi connectivity index (χ0) is 47.3. The summed E-state index contributed by atoms with van der Waals surface area (Å²) in [6.07, 6.45) is 16.7. The highest BCUT2D eigenvalue weighted by molar-refractivity contribution is 9.11. The summed E-state index contributed by atoms with van der Waals surface area (Å²) in [4.78, 5) is 0. The Kier molecular flexibility index (Phi) is 17.1. The van der Waals surface area contributed by atoms with Crippen molar-refractivity contribution in [3.05, 3.63) is 86.7 Å². The molecule has 0 amide bonds. The Hall–Kier alpha value is -2.80. The van der Waals surface area contributed by atoms with E-state index in [1.807, 2.05) is 0 Å². The van der Waals surface area contributed by atoms with Crippen LogP contribution in [-0.4, -0.2) is 52.9 Å². The van der Waals surface area contributed by atoms with E-state index in [9.17, 15) is 0 Å². The smallest absolute Gasteiger partial charge is 0.141 e. The highest BCUT2D eigenvalue weighted by Crippen LogP contribution is 2.60. The van der Waals surface area contributed by atoms with Crippen LogP contribution in [0.15, 0.2) is 42.2 Å². The van der Waals surface area contributed by atoms with Crippen LogP contribution < -0.4 is 37.9 Å². The van der Waals surface area contributed by atoms with Crippen molar-refractivity contribution in [2.75, 3.05) is 52.9 Å². The Labute approximate surface area is 438 Å². The average molecular weight is 1190 g/mol. The second kappa shape index (κ2) is 23.2. The molecular weight excluding hydrogens is 1120 g/mol. The van der Waals surface area contributed by atoms with Crippen LogP contribution in [-0.2, 0) is 0 Å². The number of hydrogen-bond acceptors (Lipinski definition) is 8. The molecule has 12 heteroatoms. The van der Waals surface area contributed by atoms with Gasteiger partial charge in [0.25, 0.3) is 0 Å². The second-order valence-electron chi connectivity index (χ2n) is 19.1. The molecule has 4 aromatic carbocycles. The van der Waals surface area contributed by atoms with E-state index in [2.05, 4.69) is 116 Å². The van der Waals surface area contributed by atoms with Crippen molar-refractivity contribution in [1.82, 2.24) is 0 Å². The second-order valence-corrected chi connectivity index (χ2v) is 22.3. The summed E-state index contributed by atoms with van der Waals surface area (Å²) < 4.78 is 58.8. The van der Waals surface area contributed by atoms with Gasteiger partial charge in [0, 0.05) is 68.2 Å². The summed E-state index contributed by atoms with van der Waals surface area (Å²) in [5.41, 5.74) is 9.17. The van der Waals surface area contributed by atoms with Gasteiger partial charge in [-0.25, -0.2) is 0 Å². The molecule has 368 valence electrons. The maximum absolute atomic E-state index is 6.93. The van der Waals surface area contributed by atoms with E-state index in [0.29, 0.717) is 52.9 Å². The molecule has 0 N–H and O–H groups in total. The molecule has 0 unspecified atom stereocenters. The summed E-state index contributed by atoms with van der Waals surface area (Å²) in [7, 11) is 0. The summed E-state index contributed by atoms with van der Waals surface area (Å²) in [6, 6.07) is 9.80. The molecule has 0 radical (unpaired) electrons. The number of benzene rings is 4. The molecular formula is C56H68Br4O8. The molecule has 68 heavy (non-hydrogen) atoms. The van der Waals surface area contributed by atoms with Crippen molar-refractivity contribution in [3.63, 3.8) is 0 Å². The SMILES string of the molecule is CCCCCC1c2cc3c4c(Br)c2OCCOc2c1cc1c(c2Br)OCCOc2c(cc5c(c2Br)OCCOc2c(cc(c(c2Br)OCCO4)C3CCCCC)C5CCCCC)C1CCCCC. The molecule has 0 spiro atoms. The minimum absolute atomic E-state index is 0.0757. The predicted molar refractivity (Wildman–Crippen MR) is 284 cm³/mol. The van der Waals surface area contributed by atoms with Crippen LogP contribution in [0.3, 0.4) is 0 Å². The number of rotatable bonds is 16. The van der Waals surface area contributed by atoms with Gasteiger partial charge in [0.05, 0.1) is 0 Å². The Morgan fingerprint density at radius 3 is 0.603 bits per heavy atom. The monoisotopic (exact) mass is 1180 g/mol. The van der Waals surface area contributed by atoms with Crippen LogP contribution in [0.5, 0.6) is 46.0 Å². The molecule has 9 rings (SSSR count). The molecule has 4 heterocycles. The summed E-state index contributed by atoms with van der Waals surface area (Å²) >= 11 is 16.8. The number of unbranched alkanes of at least 4 members (excludes halogenated alkanes) is 8. The molecule has 4 aromatic rings. The summed E-state index contributed by atoms with van der Waals surface area (Å²) in [5, 5.41) is 0. The lowest BCUT2D eigenvalue weighted by molar-refractivity contribution is 0.201. The van der Waals surface area contributed by atoms with Crippen molar-refractivity contribution in [1.29, 1.82) is 0 Å². The Bertz CT molecular complexity index is 1970. The molecule has 0 aromatic heterocycles. The lowest BCUT2D eigenvalue weighted by Crippen LogP contribution is -2.14. The van der Waals surface area contributed by atoms with Crippen molar-refractivity contribution in [2.45, 2.75) is 154 Å². The van der Waals surface area contributed by atoms with E-state index in [4.69, 9.17) is 37.9 Å². The highest BCUT2D eigenvalue weighted by atomic mass is 79.9. The van der Waals surface area contributed by atoms with Crippen molar-refractivity contribution < 1.29 is 37.9 Å². The van der Waals surface area contributed by atoms with E-state index < -0.39 is 0 Å². The van der Waals surface area contributed by atoms with Crippen molar-refractivity contribution in [3.8, 4) is 46.0 Å². The van der Waals surface area contributed by atoms with Crippen LogP contribution in [0.1, 0.15) is 199 Å². The quantitative estimate of drug-likeness (QED) is 0.103. The minimum Gasteiger partial charge on any atom is -0.488 e. The third kappa shape index (κ3) is 9.89. The van der Waals surface area contributed by atoms with Gasteiger partial charge in [0.2, 0.25) is 0 Å². The maximum Gasteiger partial charge on any atom is 0.141 e. The van der Waals surface area contributed by atoms with Gasteiger partial charge in [-0.3, -0.25) is 0 Å². The molecule has 5 aliphatic rings. The Morgan fingerprint density at radius 2 is 0.456 bits per heavy atom. The first kappa shape index (κ1) is 50.2. The topological polar surface area (TPSA) is 73.8 Å². The first-order valence-electron chi connectivity index (χ1n) is 25.8. The van der Waals surface area contributed by atoms with Crippen LogP contribution in [0, 0.1) is 0 Å². The molecule has 1 aliphatic carbocycles. The highest BCUT2D eigenvalue weighted by Gasteiger charge is 2.40. The van der Waals surface area contributed by atoms with E-state index in [1.54, 1.807) is 0 Å². The van der Waals surface area contributed by atoms with Gasteiger partial charge in [0.1, 0.15) is 117 Å². The summed E-state index contributed by atoms with van der Waals surface area (Å²) in [6.45, 7) is 12.0. The van der Waals surface area contributed by atoms with E-state index in [-0.39, 0.29) is 23.7 Å². The number of halogens is 4. The number of hydrogen-bond donors (Lipinski definition) is 0. The zero-order valence-corrected chi connectivity index (χ0v) is 46.7. The average Bonchev–Trinajstić information content (AvgIpc) is 3.54. The van der Waals surface area contributed by atoms with Crippen molar-refractivity contribution in [2.24, 2.45) is 0 Å². The summed E-state index contributed by atoms with van der Waals surface area (Å²) in [5.74, 6) is 6.30. The minimum atomic E-state index is -0.0757. The predicted octanol–water partition coefficient (Wildman–Crippen LogP) is 17.0. The largest absolute Gasteiger partial charge is 0.488 e. The van der Waals surface area contributed by atoms with Crippen molar-refractivity contribution >= 4 is 63.7 Å². The van der Waals surface area contributed by atoms with Gasteiger partial charge >= 0.3 is 0 Å². The van der Waals surface area contributed by atoms with Gasteiger partial charge in [-0.1, -0.05) is 105 Å². The van der Waals surface area contributed by atoms with E-state index in [1.165, 1.54) is 0 Å². The van der Waals surface area contributed by atoms with Gasteiger partial charge in [0.15, 0.2) is 0 Å². The lowest BCUT2D eigenvalue weighted by Gasteiger charge is -2.32. The van der Waals surface area contributed by atoms with Crippen LogP contribution in [0.4, 0.5) is 0 Å². The van der Waals surface area contributed by atoms with Crippen LogP contribution in [0.25, 0.3) is 0 Å². The fourth-order valence-corrected chi connectivity index (χ4v) is 14.1. The lowest BCUT2D eigenvalue weighted by atomic mass is 9.76. The first-order valence-corrected chi connectivity index (χ1v) is 29.0. The molecule has 0 saturated heterocycles. The molecule has 8 nitrogen and oxygen atoms in total. The van der Waals surface area contributed by atoms with Gasteiger partial charge in [-0.15, -0.1) is 0 Å². The third-order valence-corrected chi connectivity index (χ3v) is 17.5.